The lowest BCUT2D eigenvalue weighted by Crippen LogP contribution is -2.56. The Labute approximate surface area is 354 Å². The molecule has 0 unspecified atom stereocenters. The molecule has 59 heavy (non-hydrogen) atoms. The number of hydrogen-bond donors (Lipinski definition) is 0. The third-order valence-electron chi connectivity index (χ3n) is 12.7. The predicted molar refractivity (Wildman–Crippen MR) is 259 cm³/mol. The van der Waals surface area contributed by atoms with Crippen molar-refractivity contribution in [2.45, 2.75) is 87.0 Å². The summed E-state index contributed by atoms with van der Waals surface area (Å²) >= 11 is 0. The van der Waals surface area contributed by atoms with Crippen molar-refractivity contribution in [1.29, 1.82) is 0 Å². The second kappa shape index (κ2) is 15.4. The van der Waals surface area contributed by atoms with Crippen LogP contribution < -0.4 is 21.3 Å². The fraction of sp³-hybridized carbons (Fsp3) is 0.228. The van der Waals surface area contributed by atoms with Crippen LogP contribution in [0.1, 0.15) is 95.8 Å². The molecule has 0 saturated heterocycles. The molecule has 0 atom stereocenters. The number of aryl methyl sites for hydroxylation is 6. The van der Waals surface area contributed by atoms with Gasteiger partial charge >= 0.3 is 0 Å². The van der Waals surface area contributed by atoms with Crippen LogP contribution in [-0.2, 0) is 10.8 Å². The summed E-state index contributed by atoms with van der Waals surface area (Å²) in [5, 5.41) is 0. The molecule has 1 aliphatic carbocycles. The molecule has 1 nitrogen and oxygen atoms in total. The van der Waals surface area contributed by atoms with Crippen molar-refractivity contribution < 1.29 is 0 Å². The summed E-state index contributed by atoms with van der Waals surface area (Å²) in [7, 11) is 0. The monoisotopic (exact) mass is 767 g/mol. The Morgan fingerprint density at radius 3 is 1.44 bits per heavy atom. The van der Waals surface area contributed by atoms with E-state index in [2.05, 4.69) is 233 Å². The molecule has 0 N–H and O–H groups in total. The van der Waals surface area contributed by atoms with Gasteiger partial charge < -0.3 is 4.90 Å². The van der Waals surface area contributed by atoms with Crippen LogP contribution in [0.25, 0.3) is 23.3 Å². The van der Waals surface area contributed by atoms with E-state index < -0.39 is 0 Å². The van der Waals surface area contributed by atoms with E-state index in [0.29, 0.717) is 0 Å². The quantitative estimate of drug-likeness (QED) is 0.110. The summed E-state index contributed by atoms with van der Waals surface area (Å²) in [6.45, 7) is 25.4. The van der Waals surface area contributed by atoms with Gasteiger partial charge in [0.05, 0.1) is 0 Å². The number of para-hydroxylation sites is 1. The second-order valence-electron chi connectivity index (χ2n) is 18.7. The molecule has 294 valence electrons. The highest BCUT2D eigenvalue weighted by atomic mass is 15.1. The highest BCUT2D eigenvalue weighted by Gasteiger charge is 2.37. The van der Waals surface area contributed by atoms with Gasteiger partial charge in [-0.3, -0.25) is 0 Å². The molecule has 0 heterocycles. The Balaban J connectivity index is 1.10. The van der Waals surface area contributed by atoms with Gasteiger partial charge in [-0.2, -0.15) is 0 Å². The van der Waals surface area contributed by atoms with Crippen molar-refractivity contribution in [3.05, 3.63) is 201 Å². The maximum absolute atomic E-state index is 2.53. The lowest BCUT2D eigenvalue weighted by atomic mass is 9.34. The van der Waals surface area contributed by atoms with E-state index in [0.717, 1.165) is 17.1 Å². The molecule has 7 aromatic rings. The maximum atomic E-state index is 2.53. The molecule has 0 aromatic heterocycles. The number of hydrogen-bond acceptors (Lipinski definition) is 1. The average Bonchev–Trinajstić information content (AvgIpc) is 3.41. The van der Waals surface area contributed by atoms with E-state index in [1.165, 1.54) is 88.7 Å². The zero-order valence-corrected chi connectivity index (χ0v) is 37.0. The van der Waals surface area contributed by atoms with Crippen molar-refractivity contribution in [3.8, 4) is 11.1 Å². The van der Waals surface area contributed by atoms with Gasteiger partial charge in [0, 0.05) is 22.5 Å². The summed E-state index contributed by atoms with van der Waals surface area (Å²) in [5.74, 6) is 0. The first-order chi connectivity index (χ1) is 28.1. The molecular weight excluding hydrogens is 709 g/mol. The van der Waals surface area contributed by atoms with Crippen LogP contribution in [0.15, 0.2) is 140 Å². The largest absolute Gasteiger partial charge is 0.311 e. The molecular formula is C57H58BN. The number of rotatable bonds is 8. The van der Waals surface area contributed by atoms with Gasteiger partial charge in [-0.05, 0) is 122 Å². The van der Waals surface area contributed by atoms with E-state index in [9.17, 15) is 0 Å². The Hall–Kier alpha value is -5.86. The molecule has 2 heteroatoms. The lowest BCUT2D eigenvalue weighted by Gasteiger charge is -2.27. The van der Waals surface area contributed by atoms with Gasteiger partial charge in [0.15, 0.2) is 0 Å². The topological polar surface area (TPSA) is 3.24 Å². The van der Waals surface area contributed by atoms with Crippen LogP contribution in [0.5, 0.6) is 0 Å². The summed E-state index contributed by atoms with van der Waals surface area (Å²) in [6, 6.07) is 52.4. The highest BCUT2D eigenvalue weighted by Crippen LogP contribution is 2.48. The first-order valence-corrected chi connectivity index (χ1v) is 21.3. The number of anilines is 3. The summed E-state index contributed by atoms with van der Waals surface area (Å²) in [5.41, 5.74) is 24.9. The van der Waals surface area contributed by atoms with Crippen molar-refractivity contribution in [1.82, 2.24) is 0 Å². The molecule has 0 aliphatic heterocycles. The Morgan fingerprint density at radius 1 is 0.475 bits per heavy atom. The summed E-state index contributed by atoms with van der Waals surface area (Å²) in [6.07, 6.45) is 4.51. The normalized spacial score (nSPS) is 13.1. The van der Waals surface area contributed by atoms with Gasteiger partial charge in [0.1, 0.15) is 0 Å². The van der Waals surface area contributed by atoms with Gasteiger partial charge in [0.2, 0.25) is 6.71 Å². The van der Waals surface area contributed by atoms with Gasteiger partial charge in [-0.1, -0.05) is 200 Å². The first kappa shape index (κ1) is 39.9. The van der Waals surface area contributed by atoms with Crippen LogP contribution >= 0.6 is 0 Å². The van der Waals surface area contributed by atoms with Crippen LogP contribution in [0.4, 0.5) is 17.1 Å². The van der Waals surface area contributed by atoms with Crippen LogP contribution in [0.2, 0.25) is 0 Å². The third-order valence-corrected chi connectivity index (χ3v) is 12.7. The van der Waals surface area contributed by atoms with Crippen LogP contribution in [0, 0.1) is 41.5 Å². The van der Waals surface area contributed by atoms with E-state index in [1.54, 1.807) is 0 Å². The van der Waals surface area contributed by atoms with Crippen LogP contribution in [0.3, 0.4) is 0 Å². The Morgan fingerprint density at radius 2 is 0.915 bits per heavy atom. The van der Waals surface area contributed by atoms with E-state index >= 15 is 0 Å². The van der Waals surface area contributed by atoms with Crippen LogP contribution in [-0.4, -0.2) is 6.71 Å². The van der Waals surface area contributed by atoms with Crippen molar-refractivity contribution >= 4 is 52.3 Å². The smallest absolute Gasteiger partial charge is 0.242 e. The zero-order valence-electron chi connectivity index (χ0n) is 37.0. The Kier molecular flexibility index (Phi) is 10.4. The standard InChI is InChI=1S/C57H58BN/c1-37-31-39(3)54(40(4)32-37)58(55-41(5)33-38(2)34-42(55)6)46-24-30-51-50-29-21-44(35-52(50)57(10,11)53(51)36-46)18-17-43-19-25-48(26-20-43)59(47-15-13-12-14-16-47)49-27-22-45(23-28-49)56(7,8)9/h12-36H,1-11H3/b18-17+. The molecule has 7 aromatic carbocycles. The summed E-state index contributed by atoms with van der Waals surface area (Å²) in [4.78, 5) is 2.33. The SMILES string of the molecule is Cc1cc(C)c(B(c2ccc3c(c2)C(C)(C)c2cc(/C=C/c4ccc(N(c5ccccc5)c5ccc(C(C)(C)C)cc5)cc4)ccc2-3)c2c(C)cc(C)cc2C)c(C)c1. The second-order valence-corrected chi connectivity index (χ2v) is 18.7. The van der Waals surface area contributed by atoms with Gasteiger partial charge in [-0.25, -0.2) is 0 Å². The molecule has 0 spiro atoms. The lowest BCUT2D eigenvalue weighted by molar-refractivity contribution is 0.590. The minimum absolute atomic E-state index is 0.108. The minimum Gasteiger partial charge on any atom is -0.311 e. The fourth-order valence-electron chi connectivity index (χ4n) is 9.89. The molecule has 0 fully saturated rings. The first-order valence-electron chi connectivity index (χ1n) is 21.3. The Bertz CT molecular complexity index is 2600. The third kappa shape index (κ3) is 7.62. The number of nitrogens with zero attached hydrogens (tertiary/aromatic N) is 1. The predicted octanol–water partition coefficient (Wildman–Crippen LogP) is 13.3. The molecule has 0 saturated carbocycles. The van der Waals surface area contributed by atoms with Gasteiger partial charge in [-0.15, -0.1) is 0 Å². The maximum Gasteiger partial charge on any atom is 0.242 e. The van der Waals surface area contributed by atoms with Gasteiger partial charge in [0.25, 0.3) is 0 Å². The molecule has 0 bridgehead atoms. The minimum atomic E-state index is -0.141. The molecule has 1 aliphatic rings. The fourth-order valence-corrected chi connectivity index (χ4v) is 9.89. The summed E-state index contributed by atoms with van der Waals surface area (Å²) < 4.78 is 0. The molecule has 0 radical (unpaired) electrons. The van der Waals surface area contributed by atoms with E-state index in [4.69, 9.17) is 0 Å². The van der Waals surface area contributed by atoms with Crippen molar-refractivity contribution in [3.63, 3.8) is 0 Å². The zero-order chi connectivity index (χ0) is 41.8. The molecule has 8 rings (SSSR count). The number of benzene rings is 7. The van der Waals surface area contributed by atoms with E-state index in [-0.39, 0.29) is 17.5 Å². The highest BCUT2D eigenvalue weighted by molar-refractivity contribution is 6.96. The van der Waals surface area contributed by atoms with Crippen molar-refractivity contribution in [2.75, 3.05) is 4.90 Å². The molecule has 0 amide bonds. The average molecular weight is 768 g/mol. The van der Waals surface area contributed by atoms with Crippen molar-refractivity contribution in [2.24, 2.45) is 0 Å². The number of fused-ring (bicyclic) bond motifs is 3. The van der Waals surface area contributed by atoms with E-state index in [1.807, 2.05) is 0 Å².